The van der Waals surface area contributed by atoms with Crippen LogP contribution < -0.4 is 10.9 Å². The Balaban J connectivity index is 1.83. The van der Waals surface area contributed by atoms with Crippen molar-refractivity contribution in [3.05, 3.63) is 69.9 Å². The molecule has 0 saturated carbocycles. The Morgan fingerprint density at radius 1 is 1.31 bits per heavy atom. The second-order valence-corrected chi connectivity index (χ2v) is 8.27. The van der Waals surface area contributed by atoms with E-state index in [1.807, 2.05) is 26.0 Å². The van der Waals surface area contributed by atoms with Gasteiger partial charge in [-0.05, 0) is 37.6 Å². The number of aromatic nitrogens is 2. The van der Waals surface area contributed by atoms with Gasteiger partial charge >= 0.3 is 0 Å². The minimum absolute atomic E-state index is 0.132. The summed E-state index contributed by atoms with van der Waals surface area (Å²) in [6.45, 7) is 4.38. The quantitative estimate of drug-likeness (QED) is 0.716. The van der Waals surface area contributed by atoms with E-state index in [9.17, 15) is 19.5 Å². The monoisotopic (exact) mass is 436 g/mol. The van der Waals surface area contributed by atoms with Crippen molar-refractivity contribution in [3.63, 3.8) is 0 Å². The lowest BCUT2D eigenvalue weighted by Crippen LogP contribution is -2.50. The normalized spacial score (nSPS) is 23.9. The van der Waals surface area contributed by atoms with Crippen LogP contribution in [-0.4, -0.2) is 50.6 Å². The molecule has 0 radical (unpaired) electrons. The van der Waals surface area contributed by atoms with Crippen LogP contribution >= 0.6 is 0 Å². The maximum Gasteiger partial charge on any atom is 0.258 e. The van der Waals surface area contributed by atoms with Gasteiger partial charge in [-0.3, -0.25) is 19.4 Å². The standard InChI is InChI=1S/C24H28N4O4/c1-3-6-15-8-9-19-20-17(13-27(19)23(15)31)18(14-29)21(22(30)26-10-4-2)28(20)24(32)16-7-5-11-25-12-16/h3,5-9,11-12,17-18,20-21,29H,4,10,13-14H2,1-2H3,(H,26,30)/b6-3+/t17-,18-,20+,21-/m0/s1. The van der Waals surface area contributed by atoms with Gasteiger partial charge in [0.05, 0.1) is 11.6 Å². The number of pyridine rings is 2. The first-order chi connectivity index (χ1) is 15.5. The summed E-state index contributed by atoms with van der Waals surface area (Å²) in [7, 11) is 0. The number of allylic oxidation sites excluding steroid dienone is 1. The fourth-order valence-electron chi connectivity index (χ4n) is 5.02. The molecule has 0 bridgehead atoms. The second kappa shape index (κ2) is 9.08. The molecule has 2 aromatic rings. The number of aliphatic hydroxyl groups is 1. The molecule has 168 valence electrons. The van der Waals surface area contributed by atoms with Gasteiger partial charge in [0.25, 0.3) is 11.5 Å². The van der Waals surface area contributed by atoms with Crippen LogP contribution in [0, 0.1) is 11.8 Å². The lowest BCUT2D eigenvalue weighted by atomic mass is 9.88. The number of hydrogen-bond acceptors (Lipinski definition) is 5. The number of amides is 2. The third-order valence-corrected chi connectivity index (χ3v) is 6.41. The molecular formula is C24H28N4O4. The van der Waals surface area contributed by atoms with Gasteiger partial charge in [0.2, 0.25) is 5.91 Å². The third-order valence-electron chi connectivity index (χ3n) is 6.41. The van der Waals surface area contributed by atoms with Crippen molar-refractivity contribution in [3.8, 4) is 0 Å². The Bertz CT molecular complexity index is 1090. The molecule has 4 heterocycles. The van der Waals surface area contributed by atoms with Crippen LogP contribution in [0.15, 0.2) is 47.5 Å². The molecule has 2 amide bonds. The summed E-state index contributed by atoms with van der Waals surface area (Å²) in [6.07, 6.45) is 7.38. The van der Waals surface area contributed by atoms with Crippen LogP contribution in [0.25, 0.3) is 6.08 Å². The topological polar surface area (TPSA) is 105 Å². The minimum Gasteiger partial charge on any atom is -0.396 e. The van der Waals surface area contributed by atoms with E-state index in [0.717, 1.165) is 6.42 Å². The Morgan fingerprint density at radius 3 is 2.78 bits per heavy atom. The zero-order valence-electron chi connectivity index (χ0n) is 18.3. The summed E-state index contributed by atoms with van der Waals surface area (Å²) in [5, 5.41) is 13.2. The molecule has 2 aromatic heterocycles. The Morgan fingerprint density at radius 2 is 2.12 bits per heavy atom. The highest BCUT2D eigenvalue weighted by Crippen LogP contribution is 2.49. The molecule has 32 heavy (non-hydrogen) atoms. The average molecular weight is 437 g/mol. The van der Waals surface area contributed by atoms with Crippen molar-refractivity contribution in [1.82, 2.24) is 19.8 Å². The summed E-state index contributed by atoms with van der Waals surface area (Å²) in [6, 6.07) is 5.63. The fraction of sp³-hybridized carbons (Fsp3) is 0.417. The molecule has 0 aliphatic carbocycles. The predicted molar refractivity (Wildman–Crippen MR) is 120 cm³/mol. The van der Waals surface area contributed by atoms with Crippen molar-refractivity contribution in [2.24, 2.45) is 11.8 Å². The molecular weight excluding hydrogens is 408 g/mol. The van der Waals surface area contributed by atoms with Gasteiger partial charge in [0.1, 0.15) is 6.04 Å². The highest BCUT2D eigenvalue weighted by Gasteiger charge is 2.57. The lowest BCUT2D eigenvalue weighted by molar-refractivity contribution is -0.126. The number of nitrogens with zero attached hydrogens (tertiary/aromatic N) is 3. The first kappa shape index (κ1) is 22.0. The minimum atomic E-state index is -0.826. The van der Waals surface area contributed by atoms with Crippen molar-refractivity contribution in [2.45, 2.75) is 38.9 Å². The molecule has 0 unspecified atom stereocenters. The Hall–Kier alpha value is -3.26. The highest BCUT2D eigenvalue weighted by atomic mass is 16.3. The van der Waals surface area contributed by atoms with Gasteiger partial charge in [-0.15, -0.1) is 0 Å². The molecule has 2 aliphatic heterocycles. The molecule has 0 spiro atoms. The summed E-state index contributed by atoms with van der Waals surface area (Å²) in [4.78, 5) is 45.4. The number of carbonyl (C=O) groups is 2. The number of rotatable bonds is 6. The zero-order valence-corrected chi connectivity index (χ0v) is 18.3. The van der Waals surface area contributed by atoms with Crippen molar-refractivity contribution >= 4 is 17.9 Å². The Kier molecular flexibility index (Phi) is 6.23. The van der Waals surface area contributed by atoms with E-state index < -0.39 is 18.0 Å². The van der Waals surface area contributed by atoms with Crippen molar-refractivity contribution in [2.75, 3.05) is 13.2 Å². The lowest BCUT2D eigenvalue weighted by Gasteiger charge is -2.31. The number of fused-ring (bicyclic) bond motifs is 3. The number of nitrogens with one attached hydrogen (secondary N) is 1. The SMILES string of the molecule is C/C=C/c1ccc2n(c1=O)C[C@H]1[C@H](CO)[C@@H](C(=O)NCCC)N(C(=O)c3cccnc3)[C@@H]21. The third kappa shape index (κ3) is 3.54. The first-order valence-electron chi connectivity index (χ1n) is 11.0. The number of hydrogen-bond donors (Lipinski definition) is 2. The van der Waals surface area contributed by atoms with Crippen molar-refractivity contribution < 1.29 is 14.7 Å². The van der Waals surface area contributed by atoms with E-state index in [0.29, 0.717) is 29.9 Å². The van der Waals surface area contributed by atoms with Crippen LogP contribution in [0.4, 0.5) is 0 Å². The van der Waals surface area contributed by atoms with E-state index in [1.165, 1.54) is 6.20 Å². The summed E-state index contributed by atoms with van der Waals surface area (Å²) in [5.74, 6) is -1.34. The highest BCUT2D eigenvalue weighted by molar-refractivity contribution is 5.98. The predicted octanol–water partition coefficient (Wildman–Crippen LogP) is 1.61. The van der Waals surface area contributed by atoms with E-state index >= 15 is 0 Å². The van der Waals surface area contributed by atoms with Gasteiger partial charge in [0.15, 0.2) is 0 Å². The maximum atomic E-state index is 13.6. The maximum absolute atomic E-state index is 13.6. The zero-order chi connectivity index (χ0) is 22.8. The summed E-state index contributed by atoms with van der Waals surface area (Å²) >= 11 is 0. The molecule has 8 nitrogen and oxygen atoms in total. The van der Waals surface area contributed by atoms with Gasteiger partial charge in [-0.1, -0.05) is 19.1 Å². The molecule has 2 aliphatic rings. The van der Waals surface area contributed by atoms with E-state index in [2.05, 4.69) is 10.3 Å². The summed E-state index contributed by atoms with van der Waals surface area (Å²) in [5.41, 5.74) is 1.49. The van der Waals surface area contributed by atoms with E-state index in [4.69, 9.17) is 0 Å². The Labute approximate surface area is 186 Å². The number of carbonyl (C=O) groups excluding carboxylic acids is 2. The van der Waals surface area contributed by atoms with Crippen LogP contribution in [0.3, 0.4) is 0 Å². The van der Waals surface area contributed by atoms with Gasteiger partial charge < -0.3 is 19.9 Å². The molecule has 4 atom stereocenters. The smallest absolute Gasteiger partial charge is 0.258 e. The van der Waals surface area contributed by atoms with Crippen LogP contribution in [0.2, 0.25) is 0 Å². The summed E-state index contributed by atoms with van der Waals surface area (Å²) < 4.78 is 1.68. The number of likely N-dealkylation sites (tertiary alicyclic amines) is 1. The van der Waals surface area contributed by atoms with Gasteiger partial charge in [-0.25, -0.2) is 0 Å². The molecule has 1 fully saturated rings. The molecule has 1 saturated heterocycles. The van der Waals surface area contributed by atoms with Crippen LogP contribution in [0.1, 0.15) is 47.9 Å². The fourth-order valence-corrected chi connectivity index (χ4v) is 5.02. The van der Waals surface area contributed by atoms with Gasteiger partial charge in [0, 0.05) is 55.2 Å². The largest absolute Gasteiger partial charge is 0.396 e. The molecule has 4 rings (SSSR count). The molecule has 8 heteroatoms. The first-order valence-corrected chi connectivity index (χ1v) is 11.0. The van der Waals surface area contributed by atoms with Crippen LogP contribution in [-0.2, 0) is 11.3 Å². The molecule has 0 aromatic carbocycles. The van der Waals surface area contributed by atoms with Crippen LogP contribution in [0.5, 0.6) is 0 Å². The second-order valence-electron chi connectivity index (χ2n) is 8.27. The molecule has 2 N–H and O–H groups in total. The van der Waals surface area contributed by atoms with E-state index in [-0.39, 0.29) is 29.9 Å². The van der Waals surface area contributed by atoms with E-state index in [1.54, 1.807) is 39.9 Å². The number of aliphatic hydroxyl groups excluding tert-OH is 1. The van der Waals surface area contributed by atoms with Gasteiger partial charge in [-0.2, -0.15) is 0 Å². The van der Waals surface area contributed by atoms with Crippen molar-refractivity contribution in [1.29, 1.82) is 0 Å². The average Bonchev–Trinajstić information content (AvgIpc) is 3.34.